The van der Waals surface area contributed by atoms with Gasteiger partial charge in [0.15, 0.2) is 12.4 Å². The predicted molar refractivity (Wildman–Crippen MR) is 69.8 cm³/mol. The number of rotatable bonds is 7. The smallest absolute Gasteiger partial charge is 0.344 e. The van der Waals surface area contributed by atoms with E-state index in [2.05, 4.69) is 10.6 Å². The van der Waals surface area contributed by atoms with Gasteiger partial charge in [-0.05, 0) is 6.07 Å². The van der Waals surface area contributed by atoms with E-state index >= 15 is 0 Å². The Morgan fingerprint density at radius 1 is 1.52 bits per heavy atom. The number of nitroso groups, excluding NO2 is 1. The van der Waals surface area contributed by atoms with Crippen molar-refractivity contribution in [2.45, 2.75) is 0 Å². The van der Waals surface area contributed by atoms with Crippen LogP contribution in [0.5, 0.6) is 0 Å². The molecule has 0 aliphatic carbocycles. The number of nitrogens with one attached hydrogen (secondary N) is 1. The zero-order chi connectivity index (χ0) is 15.7. The molecule has 1 aromatic rings. The Labute approximate surface area is 120 Å². The summed E-state index contributed by atoms with van der Waals surface area (Å²) in [6, 6.07) is 2.45. The molecule has 0 spiro atoms. The fourth-order valence-electron chi connectivity index (χ4n) is 1.44. The van der Waals surface area contributed by atoms with Gasteiger partial charge in [0, 0.05) is 6.07 Å². The first kappa shape index (κ1) is 16.5. The van der Waals surface area contributed by atoms with Crippen LogP contribution >= 0.6 is 0 Å². The molecule has 0 saturated carbocycles. The van der Waals surface area contributed by atoms with Gasteiger partial charge >= 0.3 is 12.0 Å². The fraction of sp³-hybridized carbons (Fsp3) is 0.417. The highest BCUT2D eigenvalue weighted by atomic mass is 19.1. The van der Waals surface area contributed by atoms with E-state index in [1.54, 1.807) is 36.1 Å². The second kappa shape index (κ2) is 8.56. The highest BCUT2D eigenvalue weighted by Crippen LogP contribution is 1.97. The van der Waals surface area contributed by atoms with Gasteiger partial charge in [-0.25, -0.2) is 18.5 Å². The van der Waals surface area contributed by atoms with Crippen LogP contribution in [0.3, 0.4) is 0 Å². The minimum atomic E-state index is -0.876. The molecule has 0 saturated heterocycles. The Hall–Kier alpha value is -2.58. The summed E-state index contributed by atoms with van der Waals surface area (Å²) in [6.45, 7) is -1.39. The molecule has 0 radical (unpaired) electrons. The normalized spacial score (nSPS) is 9.81. The Morgan fingerprint density at radius 3 is 2.90 bits per heavy atom. The number of amides is 2. The maximum atomic E-state index is 12.0. The van der Waals surface area contributed by atoms with E-state index in [1.165, 1.54) is 0 Å². The van der Waals surface area contributed by atoms with E-state index in [-0.39, 0.29) is 13.2 Å². The average Bonchev–Trinajstić information content (AvgIpc) is 2.48. The minimum Gasteiger partial charge on any atom is -0.460 e. The third kappa shape index (κ3) is 5.51. The van der Waals surface area contributed by atoms with Crippen molar-refractivity contribution in [1.82, 2.24) is 10.3 Å². The highest BCUT2D eigenvalue weighted by Gasteiger charge is 2.14. The van der Waals surface area contributed by atoms with Crippen molar-refractivity contribution in [3.63, 3.8) is 0 Å². The number of hydrogen-bond donors (Lipinski definition) is 1. The van der Waals surface area contributed by atoms with Crippen molar-refractivity contribution in [1.29, 1.82) is 0 Å². The Bertz CT molecular complexity index is 512. The van der Waals surface area contributed by atoms with Crippen LogP contribution in [0.4, 0.5) is 9.18 Å². The van der Waals surface area contributed by atoms with Crippen molar-refractivity contribution in [3.05, 3.63) is 35.0 Å². The average molecular weight is 299 g/mol. The van der Waals surface area contributed by atoms with Gasteiger partial charge in [-0.3, -0.25) is 0 Å². The number of nitrogens with zero attached hydrogens (tertiary/aromatic N) is 3. The summed E-state index contributed by atoms with van der Waals surface area (Å²) in [4.78, 5) is 33.2. The van der Waals surface area contributed by atoms with Crippen LogP contribution in [0.2, 0.25) is 0 Å². The lowest BCUT2D eigenvalue weighted by atomic mass is 10.3. The maximum Gasteiger partial charge on any atom is 0.344 e. The number of aromatic nitrogens is 1. The number of ether oxygens (including phenoxy) is 1. The summed E-state index contributed by atoms with van der Waals surface area (Å²) >= 11 is 0. The number of urea groups is 1. The van der Waals surface area contributed by atoms with E-state index in [9.17, 15) is 18.9 Å². The quantitative estimate of drug-likeness (QED) is 0.258. The molecular formula is C12H16FN4O4+. The van der Waals surface area contributed by atoms with Crippen LogP contribution < -0.4 is 9.88 Å². The molecule has 9 heteroatoms. The van der Waals surface area contributed by atoms with Crippen LogP contribution in [0.1, 0.15) is 10.4 Å². The highest BCUT2D eigenvalue weighted by molar-refractivity contribution is 5.88. The molecule has 1 N–H and O–H groups in total. The maximum absolute atomic E-state index is 12.0. The van der Waals surface area contributed by atoms with Gasteiger partial charge < -0.3 is 10.1 Å². The van der Waals surface area contributed by atoms with E-state index in [0.717, 1.165) is 0 Å². The number of esters is 1. The molecule has 114 valence electrons. The van der Waals surface area contributed by atoms with Crippen LogP contribution in [-0.4, -0.2) is 43.4 Å². The molecule has 21 heavy (non-hydrogen) atoms. The summed E-state index contributed by atoms with van der Waals surface area (Å²) < 4.78 is 18.6. The lowest BCUT2D eigenvalue weighted by molar-refractivity contribution is -0.671. The summed E-state index contributed by atoms with van der Waals surface area (Å²) in [5.74, 6) is -0.533. The Kier molecular flexibility index (Phi) is 6.72. The van der Waals surface area contributed by atoms with Crippen molar-refractivity contribution in [2.75, 3.05) is 26.4 Å². The van der Waals surface area contributed by atoms with Crippen molar-refractivity contribution >= 4 is 12.0 Å². The number of carbonyl (C=O) groups excluding carboxylic acids is 2. The Morgan fingerprint density at radius 2 is 2.29 bits per heavy atom. The molecule has 1 heterocycles. The summed E-state index contributed by atoms with van der Waals surface area (Å²) in [5.41, 5.74) is 0.375. The standard InChI is InChI=1S/C12H15FN4O4/c1-16-6-2-3-10(9-16)11(18)21-8-5-14-12(19)17(15-20)7-4-13/h2-3,6,9H,4-5,7-8H2,1H3/p+1. The summed E-state index contributed by atoms with van der Waals surface area (Å²) in [6.07, 6.45) is 3.36. The summed E-state index contributed by atoms with van der Waals surface area (Å²) in [7, 11) is 1.77. The first-order valence-corrected chi connectivity index (χ1v) is 6.15. The van der Waals surface area contributed by atoms with E-state index in [0.29, 0.717) is 10.6 Å². The molecule has 8 nitrogen and oxygen atoms in total. The molecule has 0 atom stereocenters. The van der Waals surface area contributed by atoms with Crippen molar-refractivity contribution in [2.24, 2.45) is 12.3 Å². The first-order valence-electron chi connectivity index (χ1n) is 6.15. The van der Waals surface area contributed by atoms with Crippen LogP contribution in [-0.2, 0) is 11.8 Å². The fourth-order valence-corrected chi connectivity index (χ4v) is 1.44. The van der Waals surface area contributed by atoms with Gasteiger partial charge in [0.1, 0.15) is 25.9 Å². The number of halogens is 1. The molecule has 0 fully saturated rings. The van der Waals surface area contributed by atoms with Gasteiger partial charge in [-0.2, -0.15) is 5.01 Å². The van der Waals surface area contributed by atoms with Gasteiger partial charge in [-0.15, -0.1) is 4.91 Å². The molecule has 2 amide bonds. The molecule has 1 aromatic heterocycles. The third-order valence-corrected chi connectivity index (χ3v) is 2.42. The predicted octanol–water partition coefficient (Wildman–Crippen LogP) is 0.330. The SMILES string of the molecule is C[n+]1cccc(C(=O)OCCNC(=O)N(CCF)N=O)c1. The van der Waals surface area contributed by atoms with E-state index in [1.807, 2.05) is 0 Å². The second-order valence-corrected chi connectivity index (χ2v) is 4.02. The van der Waals surface area contributed by atoms with E-state index < -0.39 is 25.2 Å². The molecule has 0 bridgehead atoms. The molecule has 0 aliphatic heterocycles. The lowest BCUT2D eigenvalue weighted by Crippen LogP contribution is -2.39. The van der Waals surface area contributed by atoms with Gasteiger partial charge in [0.05, 0.1) is 18.4 Å². The zero-order valence-electron chi connectivity index (χ0n) is 11.5. The number of hydrogen-bond acceptors (Lipinski definition) is 5. The minimum absolute atomic E-state index is 0.0121. The van der Waals surface area contributed by atoms with Gasteiger partial charge in [0.25, 0.3) is 0 Å². The van der Waals surface area contributed by atoms with Gasteiger partial charge in [-0.1, -0.05) is 0 Å². The largest absolute Gasteiger partial charge is 0.460 e. The first-order chi connectivity index (χ1) is 10.1. The summed E-state index contributed by atoms with van der Waals surface area (Å²) in [5, 5.41) is 5.07. The van der Waals surface area contributed by atoms with Crippen molar-refractivity contribution in [3.8, 4) is 0 Å². The lowest BCUT2D eigenvalue weighted by Gasteiger charge is -2.12. The number of aryl methyl sites for hydroxylation is 1. The van der Waals surface area contributed by atoms with Crippen molar-refractivity contribution < 1.29 is 23.3 Å². The van der Waals surface area contributed by atoms with E-state index in [4.69, 9.17) is 4.74 Å². The molecule has 1 rings (SSSR count). The number of carbonyl (C=O) groups is 2. The topological polar surface area (TPSA) is 91.9 Å². The molecule has 0 aliphatic rings. The Balaban J connectivity index is 2.32. The molecule has 0 aromatic carbocycles. The second-order valence-electron chi connectivity index (χ2n) is 4.02. The zero-order valence-corrected chi connectivity index (χ0v) is 11.5. The monoisotopic (exact) mass is 299 g/mol. The van der Waals surface area contributed by atoms with Crippen LogP contribution in [0.15, 0.2) is 29.8 Å². The third-order valence-electron chi connectivity index (χ3n) is 2.42. The van der Waals surface area contributed by atoms with Crippen LogP contribution in [0, 0.1) is 4.91 Å². The number of pyridine rings is 1. The number of alkyl halides is 1. The molecule has 0 unspecified atom stereocenters. The van der Waals surface area contributed by atoms with Crippen LogP contribution in [0.25, 0.3) is 0 Å². The molecular weight excluding hydrogens is 283 g/mol. The van der Waals surface area contributed by atoms with Gasteiger partial charge in [0.2, 0.25) is 0 Å².